The minimum atomic E-state index is 0.625. The van der Waals surface area contributed by atoms with Crippen molar-refractivity contribution in [2.75, 3.05) is 40.0 Å². The van der Waals surface area contributed by atoms with E-state index in [4.69, 9.17) is 9.47 Å². The average Bonchev–Trinajstić information content (AvgIpc) is 3.03. The Morgan fingerprint density at radius 3 is 2.78 bits per heavy atom. The summed E-state index contributed by atoms with van der Waals surface area (Å²) >= 11 is 1.73. The van der Waals surface area contributed by atoms with Crippen molar-refractivity contribution in [1.29, 1.82) is 0 Å². The predicted octanol–water partition coefficient (Wildman–Crippen LogP) is 2.20. The average molecular weight is 343 g/mol. The van der Waals surface area contributed by atoms with Crippen molar-refractivity contribution < 1.29 is 9.47 Å². The van der Waals surface area contributed by atoms with Crippen molar-refractivity contribution in [2.45, 2.75) is 39.7 Å². The van der Waals surface area contributed by atoms with E-state index in [1.165, 1.54) is 4.88 Å². The van der Waals surface area contributed by atoms with Crippen LogP contribution in [0.25, 0.3) is 0 Å². The first-order chi connectivity index (χ1) is 11.3. The Morgan fingerprint density at radius 1 is 1.22 bits per heavy atom. The molecule has 0 radical (unpaired) electrons. The van der Waals surface area contributed by atoms with Gasteiger partial charge in [-0.3, -0.25) is 0 Å². The third kappa shape index (κ3) is 9.53. The minimum absolute atomic E-state index is 0.625. The predicted molar refractivity (Wildman–Crippen MR) is 96.2 cm³/mol. The van der Waals surface area contributed by atoms with Gasteiger partial charge in [0.25, 0.3) is 0 Å². The second kappa shape index (κ2) is 13.3. The molecule has 0 saturated carbocycles. The van der Waals surface area contributed by atoms with Crippen LogP contribution in [-0.4, -0.2) is 51.0 Å². The van der Waals surface area contributed by atoms with Crippen molar-refractivity contribution in [1.82, 2.24) is 15.6 Å². The second-order valence-corrected chi connectivity index (χ2v) is 6.21. The standard InChI is InChI=1S/C16H30N4O2S/c1-4-14-12-19-15(23-14)13-20-16(17-5-2)18-8-6-7-9-22-11-10-21-3/h12H,4-11,13H2,1-3H3,(H2,17,18,20). The lowest BCUT2D eigenvalue weighted by molar-refractivity contribution is 0.0689. The summed E-state index contributed by atoms with van der Waals surface area (Å²) in [6, 6.07) is 0. The molecule has 132 valence electrons. The summed E-state index contributed by atoms with van der Waals surface area (Å²) in [6.07, 6.45) is 5.06. The fourth-order valence-electron chi connectivity index (χ4n) is 1.85. The van der Waals surface area contributed by atoms with Crippen LogP contribution in [0.1, 0.15) is 36.6 Å². The SMILES string of the molecule is CCNC(=NCc1ncc(CC)s1)NCCCCOCCOC. The summed E-state index contributed by atoms with van der Waals surface area (Å²) in [4.78, 5) is 10.3. The van der Waals surface area contributed by atoms with E-state index in [2.05, 4.69) is 34.5 Å². The number of thiazole rings is 1. The van der Waals surface area contributed by atoms with E-state index >= 15 is 0 Å². The molecule has 23 heavy (non-hydrogen) atoms. The molecule has 0 amide bonds. The largest absolute Gasteiger partial charge is 0.382 e. The van der Waals surface area contributed by atoms with Crippen molar-refractivity contribution >= 4 is 17.3 Å². The fraction of sp³-hybridized carbons (Fsp3) is 0.750. The van der Waals surface area contributed by atoms with Gasteiger partial charge in [0.15, 0.2) is 5.96 Å². The molecule has 0 aliphatic carbocycles. The second-order valence-electron chi connectivity index (χ2n) is 5.01. The molecule has 0 aliphatic rings. The summed E-state index contributed by atoms with van der Waals surface area (Å²) in [5, 5.41) is 7.67. The van der Waals surface area contributed by atoms with Crippen LogP contribution in [-0.2, 0) is 22.4 Å². The first kappa shape index (κ1) is 19.9. The molecule has 0 aliphatic heterocycles. The normalized spacial score (nSPS) is 11.7. The van der Waals surface area contributed by atoms with Crippen LogP contribution < -0.4 is 10.6 Å². The maximum absolute atomic E-state index is 5.44. The maximum Gasteiger partial charge on any atom is 0.191 e. The smallest absolute Gasteiger partial charge is 0.191 e. The zero-order chi connectivity index (χ0) is 16.8. The quantitative estimate of drug-likeness (QED) is 0.346. The summed E-state index contributed by atoms with van der Waals surface area (Å²) < 4.78 is 10.4. The summed E-state index contributed by atoms with van der Waals surface area (Å²) in [6.45, 7) is 8.68. The number of aryl methyl sites for hydroxylation is 1. The van der Waals surface area contributed by atoms with Gasteiger partial charge < -0.3 is 20.1 Å². The van der Waals surface area contributed by atoms with E-state index in [0.717, 1.165) is 49.9 Å². The number of hydrogen-bond acceptors (Lipinski definition) is 5. The number of methoxy groups -OCH3 is 1. The highest BCUT2D eigenvalue weighted by Gasteiger charge is 2.01. The number of nitrogens with one attached hydrogen (secondary N) is 2. The van der Waals surface area contributed by atoms with Crippen molar-refractivity contribution in [3.8, 4) is 0 Å². The number of hydrogen-bond donors (Lipinski definition) is 2. The van der Waals surface area contributed by atoms with Crippen LogP contribution in [0, 0.1) is 0 Å². The highest BCUT2D eigenvalue weighted by molar-refractivity contribution is 7.11. The minimum Gasteiger partial charge on any atom is -0.382 e. The third-order valence-corrected chi connectivity index (χ3v) is 4.23. The van der Waals surface area contributed by atoms with Gasteiger partial charge in [-0.05, 0) is 26.2 Å². The number of aromatic nitrogens is 1. The van der Waals surface area contributed by atoms with E-state index in [1.54, 1.807) is 18.4 Å². The Kier molecular flexibility index (Phi) is 11.5. The summed E-state index contributed by atoms with van der Waals surface area (Å²) in [5.74, 6) is 0.848. The number of nitrogens with zero attached hydrogens (tertiary/aromatic N) is 2. The molecule has 0 aromatic carbocycles. The fourth-order valence-corrected chi connectivity index (χ4v) is 2.64. The molecule has 1 rings (SSSR count). The molecule has 1 aromatic heterocycles. The number of aliphatic imine (C=N–C) groups is 1. The van der Waals surface area contributed by atoms with Crippen LogP contribution in [0.3, 0.4) is 0 Å². The lowest BCUT2D eigenvalue weighted by Gasteiger charge is -2.11. The Bertz CT molecular complexity index is 437. The zero-order valence-corrected chi connectivity index (χ0v) is 15.4. The van der Waals surface area contributed by atoms with E-state index in [-0.39, 0.29) is 0 Å². The molecule has 7 heteroatoms. The Hall–Kier alpha value is -1.18. The highest BCUT2D eigenvalue weighted by atomic mass is 32.1. The van der Waals surface area contributed by atoms with Crippen molar-refractivity contribution in [3.05, 3.63) is 16.1 Å². The van der Waals surface area contributed by atoms with Crippen LogP contribution in [0.2, 0.25) is 0 Å². The highest BCUT2D eigenvalue weighted by Crippen LogP contribution is 2.13. The van der Waals surface area contributed by atoms with Gasteiger partial charge in [0.1, 0.15) is 5.01 Å². The number of guanidine groups is 1. The number of unbranched alkanes of at least 4 members (excludes halogenated alkanes) is 1. The van der Waals surface area contributed by atoms with E-state index < -0.39 is 0 Å². The van der Waals surface area contributed by atoms with Gasteiger partial charge in [-0.25, -0.2) is 9.98 Å². The van der Waals surface area contributed by atoms with Gasteiger partial charge in [-0.1, -0.05) is 6.92 Å². The Morgan fingerprint density at radius 2 is 2.09 bits per heavy atom. The van der Waals surface area contributed by atoms with Gasteiger partial charge in [0.05, 0.1) is 19.8 Å². The molecule has 1 aromatic rings. The molecular formula is C16H30N4O2S. The molecule has 2 N–H and O–H groups in total. The Labute approximate surface area is 143 Å². The molecule has 0 spiro atoms. The van der Waals surface area contributed by atoms with Crippen LogP contribution in [0.5, 0.6) is 0 Å². The molecule has 0 saturated heterocycles. The first-order valence-corrected chi connectivity index (χ1v) is 9.14. The van der Waals surface area contributed by atoms with Gasteiger partial charge in [-0.2, -0.15) is 0 Å². The Balaban J connectivity index is 2.21. The van der Waals surface area contributed by atoms with E-state index in [1.807, 2.05) is 6.20 Å². The zero-order valence-electron chi connectivity index (χ0n) is 14.6. The van der Waals surface area contributed by atoms with Gasteiger partial charge >= 0.3 is 0 Å². The van der Waals surface area contributed by atoms with Gasteiger partial charge in [0.2, 0.25) is 0 Å². The van der Waals surface area contributed by atoms with E-state index in [9.17, 15) is 0 Å². The monoisotopic (exact) mass is 342 g/mol. The van der Waals surface area contributed by atoms with Crippen molar-refractivity contribution in [3.63, 3.8) is 0 Å². The first-order valence-electron chi connectivity index (χ1n) is 8.32. The lowest BCUT2D eigenvalue weighted by Crippen LogP contribution is -2.37. The maximum atomic E-state index is 5.44. The molecule has 0 fully saturated rings. The van der Waals surface area contributed by atoms with Gasteiger partial charge in [-0.15, -0.1) is 11.3 Å². The molecule has 0 unspecified atom stereocenters. The summed E-state index contributed by atoms with van der Waals surface area (Å²) in [7, 11) is 1.68. The third-order valence-electron chi connectivity index (χ3n) is 3.11. The summed E-state index contributed by atoms with van der Waals surface area (Å²) in [5.41, 5.74) is 0. The van der Waals surface area contributed by atoms with Crippen LogP contribution in [0.15, 0.2) is 11.2 Å². The molecule has 1 heterocycles. The molecular weight excluding hydrogens is 312 g/mol. The molecule has 0 atom stereocenters. The van der Waals surface area contributed by atoms with Crippen LogP contribution in [0.4, 0.5) is 0 Å². The van der Waals surface area contributed by atoms with Crippen LogP contribution >= 0.6 is 11.3 Å². The molecule has 6 nitrogen and oxygen atoms in total. The lowest BCUT2D eigenvalue weighted by atomic mass is 10.3. The van der Waals surface area contributed by atoms with E-state index in [0.29, 0.717) is 19.8 Å². The van der Waals surface area contributed by atoms with Crippen molar-refractivity contribution in [2.24, 2.45) is 4.99 Å². The molecule has 0 bridgehead atoms. The topological polar surface area (TPSA) is 67.8 Å². The number of ether oxygens (including phenoxy) is 2. The van der Waals surface area contributed by atoms with Gasteiger partial charge in [0, 0.05) is 37.9 Å². The number of rotatable bonds is 12.